The number of likely N-dealkylation sites (tertiary alicyclic amines) is 1. The van der Waals surface area contributed by atoms with Crippen molar-refractivity contribution in [2.45, 2.75) is 25.2 Å². The molecular formula is C22H21ClFN3O4. The normalized spacial score (nSPS) is 18.5. The quantitative estimate of drug-likeness (QED) is 0.507. The Kier molecular flexibility index (Phi) is 5.84. The number of carbonyl (C=O) groups excluding carboxylic acids is 2. The fourth-order valence-corrected chi connectivity index (χ4v) is 3.96. The van der Waals surface area contributed by atoms with E-state index in [1.54, 1.807) is 0 Å². The SMILES string of the molecule is O=C(NCc1cc(F)cc(Cl)c1)O[C@]1(O)CCN(CCc2c[nH]c3ccccc23)C1=O. The maximum atomic E-state index is 13.4. The number of aromatic nitrogens is 1. The van der Waals surface area contributed by atoms with Gasteiger partial charge in [0.1, 0.15) is 5.82 Å². The molecule has 0 bridgehead atoms. The number of fused-ring (bicyclic) bond motifs is 1. The van der Waals surface area contributed by atoms with Gasteiger partial charge in [-0.1, -0.05) is 29.8 Å². The lowest BCUT2D eigenvalue weighted by Gasteiger charge is -2.22. The van der Waals surface area contributed by atoms with E-state index in [1.807, 2.05) is 30.5 Å². The van der Waals surface area contributed by atoms with E-state index in [-0.39, 0.29) is 24.5 Å². The number of ether oxygens (including phenoxy) is 1. The lowest BCUT2D eigenvalue weighted by Crippen LogP contribution is -2.46. The number of aromatic amines is 1. The molecule has 0 unspecified atom stereocenters. The number of hydrogen-bond donors (Lipinski definition) is 3. The Morgan fingerprint density at radius 3 is 2.94 bits per heavy atom. The molecule has 2 heterocycles. The van der Waals surface area contributed by atoms with E-state index in [0.29, 0.717) is 18.5 Å². The fourth-order valence-electron chi connectivity index (χ4n) is 3.72. The molecule has 0 aliphatic carbocycles. The molecule has 162 valence electrons. The van der Waals surface area contributed by atoms with E-state index >= 15 is 0 Å². The Hall–Kier alpha value is -3.10. The molecular weight excluding hydrogens is 425 g/mol. The Labute approximate surface area is 182 Å². The van der Waals surface area contributed by atoms with Crippen LogP contribution in [0.25, 0.3) is 10.9 Å². The van der Waals surface area contributed by atoms with Gasteiger partial charge in [-0.15, -0.1) is 0 Å². The number of aliphatic hydroxyl groups is 1. The van der Waals surface area contributed by atoms with Crippen LogP contribution in [0, 0.1) is 5.82 Å². The molecule has 0 radical (unpaired) electrons. The number of alkyl carbamates (subject to hydrolysis) is 1. The zero-order chi connectivity index (χ0) is 22.0. The summed E-state index contributed by atoms with van der Waals surface area (Å²) >= 11 is 5.78. The average Bonchev–Trinajstić information content (AvgIpc) is 3.26. The lowest BCUT2D eigenvalue weighted by molar-refractivity contribution is -0.182. The number of carbonyl (C=O) groups is 2. The van der Waals surface area contributed by atoms with Crippen molar-refractivity contribution in [2.75, 3.05) is 13.1 Å². The van der Waals surface area contributed by atoms with Crippen molar-refractivity contribution >= 4 is 34.5 Å². The smallest absolute Gasteiger partial charge is 0.407 e. The van der Waals surface area contributed by atoms with E-state index in [4.69, 9.17) is 16.3 Å². The van der Waals surface area contributed by atoms with Crippen LogP contribution in [0.2, 0.25) is 5.02 Å². The number of benzene rings is 2. The molecule has 1 aliphatic rings. The summed E-state index contributed by atoms with van der Waals surface area (Å²) < 4.78 is 18.4. The van der Waals surface area contributed by atoms with Gasteiger partial charge in [0.25, 0.3) is 11.7 Å². The fraction of sp³-hybridized carbons (Fsp3) is 0.273. The molecule has 1 aliphatic heterocycles. The number of nitrogens with zero attached hydrogens (tertiary/aromatic N) is 1. The number of H-pyrrole nitrogens is 1. The molecule has 31 heavy (non-hydrogen) atoms. The molecule has 7 nitrogen and oxygen atoms in total. The highest BCUT2D eigenvalue weighted by atomic mass is 35.5. The molecule has 1 aromatic heterocycles. The minimum atomic E-state index is -2.22. The maximum absolute atomic E-state index is 13.4. The van der Waals surface area contributed by atoms with Gasteiger partial charge < -0.3 is 25.0 Å². The van der Waals surface area contributed by atoms with Gasteiger partial charge in [-0.05, 0) is 41.8 Å². The zero-order valence-corrected chi connectivity index (χ0v) is 17.3. The van der Waals surface area contributed by atoms with Gasteiger partial charge >= 0.3 is 6.09 Å². The van der Waals surface area contributed by atoms with Crippen molar-refractivity contribution in [1.82, 2.24) is 15.2 Å². The van der Waals surface area contributed by atoms with E-state index < -0.39 is 23.6 Å². The first kappa shape index (κ1) is 21.1. The van der Waals surface area contributed by atoms with Gasteiger partial charge in [-0.3, -0.25) is 4.79 Å². The number of para-hydroxylation sites is 1. The van der Waals surface area contributed by atoms with Gasteiger partial charge in [0.15, 0.2) is 0 Å². The molecule has 9 heteroatoms. The van der Waals surface area contributed by atoms with Crippen LogP contribution in [0.5, 0.6) is 0 Å². The van der Waals surface area contributed by atoms with Crippen molar-refractivity contribution in [3.05, 3.63) is 70.6 Å². The highest BCUT2D eigenvalue weighted by Gasteiger charge is 2.48. The molecule has 1 atom stereocenters. The maximum Gasteiger partial charge on any atom is 0.410 e. The highest BCUT2D eigenvalue weighted by Crippen LogP contribution is 2.26. The highest BCUT2D eigenvalue weighted by molar-refractivity contribution is 6.30. The van der Waals surface area contributed by atoms with E-state index in [1.165, 1.54) is 17.0 Å². The summed E-state index contributed by atoms with van der Waals surface area (Å²) in [6, 6.07) is 11.7. The van der Waals surface area contributed by atoms with Gasteiger partial charge in [0.2, 0.25) is 0 Å². The molecule has 2 amide bonds. The molecule has 4 rings (SSSR count). The van der Waals surface area contributed by atoms with Crippen LogP contribution in [0.3, 0.4) is 0 Å². The first-order valence-corrected chi connectivity index (χ1v) is 10.2. The van der Waals surface area contributed by atoms with E-state index in [0.717, 1.165) is 22.5 Å². The summed E-state index contributed by atoms with van der Waals surface area (Å²) in [4.78, 5) is 29.4. The largest absolute Gasteiger partial charge is 0.410 e. The van der Waals surface area contributed by atoms with Crippen molar-refractivity contribution in [1.29, 1.82) is 0 Å². The van der Waals surface area contributed by atoms with Crippen LogP contribution < -0.4 is 5.32 Å². The van der Waals surface area contributed by atoms with Crippen LogP contribution in [0.1, 0.15) is 17.5 Å². The van der Waals surface area contributed by atoms with Gasteiger partial charge in [0, 0.05) is 48.2 Å². The van der Waals surface area contributed by atoms with Gasteiger partial charge in [0.05, 0.1) is 0 Å². The summed E-state index contributed by atoms with van der Waals surface area (Å²) in [6.07, 6.45) is 1.49. The van der Waals surface area contributed by atoms with Gasteiger partial charge in [-0.25, -0.2) is 9.18 Å². The third kappa shape index (κ3) is 4.65. The van der Waals surface area contributed by atoms with Crippen molar-refractivity contribution in [2.24, 2.45) is 0 Å². The van der Waals surface area contributed by atoms with Crippen LogP contribution in [-0.4, -0.2) is 45.9 Å². The number of hydrogen-bond acceptors (Lipinski definition) is 4. The third-order valence-electron chi connectivity index (χ3n) is 5.29. The second-order valence-electron chi connectivity index (χ2n) is 7.46. The van der Waals surface area contributed by atoms with Crippen molar-refractivity contribution in [3.63, 3.8) is 0 Å². The summed E-state index contributed by atoms with van der Waals surface area (Å²) in [6.45, 7) is 0.588. The Morgan fingerprint density at radius 2 is 2.13 bits per heavy atom. The van der Waals surface area contributed by atoms with Crippen LogP contribution in [0.15, 0.2) is 48.7 Å². The number of rotatable bonds is 6. The van der Waals surface area contributed by atoms with Crippen molar-refractivity contribution < 1.29 is 23.8 Å². The molecule has 3 aromatic rings. The Balaban J connectivity index is 1.32. The number of nitrogens with one attached hydrogen (secondary N) is 2. The Morgan fingerprint density at radius 1 is 1.32 bits per heavy atom. The molecule has 3 N–H and O–H groups in total. The van der Waals surface area contributed by atoms with E-state index in [2.05, 4.69) is 10.3 Å². The second-order valence-corrected chi connectivity index (χ2v) is 7.89. The number of amides is 2. The average molecular weight is 446 g/mol. The molecule has 0 saturated carbocycles. The first-order valence-electron chi connectivity index (χ1n) is 9.83. The zero-order valence-electron chi connectivity index (χ0n) is 16.5. The monoisotopic (exact) mass is 445 g/mol. The molecule has 1 fully saturated rings. The topological polar surface area (TPSA) is 94.7 Å². The lowest BCUT2D eigenvalue weighted by atomic mass is 10.1. The minimum Gasteiger partial charge on any atom is -0.407 e. The summed E-state index contributed by atoms with van der Waals surface area (Å²) in [5.41, 5.74) is 2.50. The molecule has 1 saturated heterocycles. The predicted molar refractivity (Wildman–Crippen MR) is 113 cm³/mol. The summed E-state index contributed by atoms with van der Waals surface area (Å²) in [7, 11) is 0. The Bertz CT molecular complexity index is 1110. The third-order valence-corrected chi connectivity index (χ3v) is 5.51. The minimum absolute atomic E-state index is 0.0288. The van der Waals surface area contributed by atoms with Gasteiger partial charge in [-0.2, -0.15) is 0 Å². The van der Waals surface area contributed by atoms with Crippen LogP contribution in [0.4, 0.5) is 9.18 Å². The van der Waals surface area contributed by atoms with Crippen LogP contribution in [-0.2, 0) is 22.5 Å². The van der Waals surface area contributed by atoms with E-state index in [9.17, 15) is 19.1 Å². The first-order chi connectivity index (χ1) is 14.8. The van der Waals surface area contributed by atoms with Crippen molar-refractivity contribution in [3.8, 4) is 0 Å². The molecule has 2 aromatic carbocycles. The standard InChI is InChI=1S/C22H21ClFN3O4/c23-16-9-14(10-17(24)11-16)12-26-21(29)31-22(30)6-8-27(20(22)28)7-5-15-13-25-19-4-2-1-3-18(15)19/h1-4,9-11,13,25,30H,5-8,12H2,(H,26,29)/t22-/m1/s1. The molecule has 0 spiro atoms. The number of halogens is 2. The summed E-state index contributed by atoms with van der Waals surface area (Å²) in [5, 5.41) is 14.2. The summed E-state index contributed by atoms with van der Waals surface area (Å²) in [5.74, 6) is -3.41. The second kappa shape index (κ2) is 8.56. The van der Waals surface area contributed by atoms with Crippen LogP contribution >= 0.6 is 11.6 Å². The predicted octanol–water partition coefficient (Wildman–Crippen LogP) is 3.35.